The topological polar surface area (TPSA) is 104 Å². The summed E-state index contributed by atoms with van der Waals surface area (Å²) in [5.74, 6) is -1.32. The maximum atomic E-state index is 13.3. The first-order chi connectivity index (χ1) is 13.4. The van der Waals surface area contributed by atoms with Crippen LogP contribution >= 0.6 is 0 Å². The largest absolute Gasteiger partial charge is 0.390 e. The Morgan fingerprint density at radius 1 is 1.00 bits per heavy atom. The van der Waals surface area contributed by atoms with Gasteiger partial charge in [0.15, 0.2) is 0 Å². The lowest BCUT2D eigenvalue weighted by molar-refractivity contribution is -0.152. The Balaban J connectivity index is 5.58. The van der Waals surface area contributed by atoms with Crippen LogP contribution in [0.25, 0.3) is 0 Å². The zero-order valence-corrected chi connectivity index (χ0v) is 19.4. The molecule has 0 saturated carbocycles. The molecular weight excluding hydrogens is 370 g/mol. The highest BCUT2D eigenvalue weighted by molar-refractivity contribution is 5.92. The number of rotatable bonds is 12. The molecule has 7 nitrogen and oxygen atoms in total. The molecule has 0 rings (SSSR count). The van der Waals surface area contributed by atoms with Crippen molar-refractivity contribution in [1.29, 1.82) is 0 Å². The van der Waals surface area contributed by atoms with Crippen LogP contribution in [0.3, 0.4) is 0 Å². The first-order valence-electron chi connectivity index (χ1n) is 10.5. The quantitative estimate of drug-likeness (QED) is 0.480. The molecule has 0 aromatic rings. The average Bonchev–Trinajstić information content (AvgIpc) is 2.63. The molecule has 0 unspecified atom stereocenters. The molecule has 0 spiro atoms. The Bertz CT molecular complexity index is 574. The molecule has 3 amide bonds. The van der Waals surface area contributed by atoms with E-state index in [0.717, 1.165) is 6.42 Å². The summed E-state index contributed by atoms with van der Waals surface area (Å²) in [5.41, 5.74) is 5.54. The number of allylic oxidation sites excluding steroid dienone is 2. The first-order valence-corrected chi connectivity index (χ1v) is 10.5. The Labute approximate surface area is 176 Å². The number of amides is 3. The van der Waals surface area contributed by atoms with E-state index in [4.69, 9.17) is 5.73 Å². The minimum atomic E-state index is -1.16. The van der Waals surface area contributed by atoms with E-state index in [1.807, 2.05) is 46.8 Å². The van der Waals surface area contributed by atoms with Crippen LogP contribution in [0.1, 0.15) is 60.8 Å². The number of aliphatic hydroxyl groups is 1. The molecule has 0 aromatic carbocycles. The van der Waals surface area contributed by atoms with Gasteiger partial charge in [-0.25, -0.2) is 0 Å². The summed E-state index contributed by atoms with van der Waals surface area (Å²) >= 11 is 0. The van der Waals surface area contributed by atoms with Crippen LogP contribution in [0, 0.1) is 17.8 Å². The van der Waals surface area contributed by atoms with Crippen molar-refractivity contribution in [3.05, 3.63) is 12.2 Å². The van der Waals surface area contributed by atoms with Crippen molar-refractivity contribution in [2.75, 3.05) is 14.1 Å². The predicted molar refractivity (Wildman–Crippen MR) is 116 cm³/mol. The van der Waals surface area contributed by atoms with E-state index in [9.17, 15) is 19.5 Å². The standard InChI is InChI=1S/C22H41N3O4/c1-9-10-11-16(6)20(27)19(21(23)28)25(8)22(29)18(15(4)5)24(7)17(26)13-12-14(2)3/h9-10,14-16,18-20,27H,11-13H2,1-8H3,(H2,23,28)/b10-9+/t16-,18+,19+,20-/m1/s1. The lowest BCUT2D eigenvalue weighted by Crippen LogP contribution is -2.59. The average molecular weight is 412 g/mol. The van der Waals surface area contributed by atoms with Gasteiger partial charge in [0, 0.05) is 20.5 Å². The van der Waals surface area contributed by atoms with Gasteiger partial charge in [-0.1, -0.05) is 46.8 Å². The molecule has 0 saturated heterocycles. The fourth-order valence-electron chi connectivity index (χ4n) is 3.38. The van der Waals surface area contributed by atoms with Crippen LogP contribution in [-0.2, 0) is 14.4 Å². The van der Waals surface area contributed by atoms with E-state index in [1.54, 1.807) is 14.0 Å². The van der Waals surface area contributed by atoms with Gasteiger partial charge in [0.1, 0.15) is 12.1 Å². The lowest BCUT2D eigenvalue weighted by atomic mass is 9.92. The molecular formula is C22H41N3O4. The smallest absolute Gasteiger partial charge is 0.246 e. The van der Waals surface area contributed by atoms with Crippen molar-refractivity contribution in [2.45, 2.75) is 79.0 Å². The summed E-state index contributed by atoms with van der Waals surface area (Å²) in [6.45, 7) is 11.5. The monoisotopic (exact) mass is 411 g/mol. The Morgan fingerprint density at radius 2 is 1.55 bits per heavy atom. The predicted octanol–water partition coefficient (Wildman–Crippen LogP) is 2.18. The molecule has 0 bridgehead atoms. The second-order valence-corrected chi connectivity index (χ2v) is 8.69. The minimum Gasteiger partial charge on any atom is -0.390 e. The number of carbonyl (C=O) groups excluding carboxylic acids is 3. The number of nitrogens with two attached hydrogens (primary N) is 1. The number of carbonyl (C=O) groups is 3. The summed E-state index contributed by atoms with van der Waals surface area (Å²) in [5, 5.41) is 10.7. The SMILES string of the molecule is C/C=C/C[C@@H](C)[C@@H](O)[C@@H](C(N)=O)N(C)C(=O)[C@H](C(C)C)N(C)C(=O)CCC(C)C. The second kappa shape index (κ2) is 12.6. The molecule has 0 radical (unpaired) electrons. The fourth-order valence-corrected chi connectivity index (χ4v) is 3.38. The van der Waals surface area contributed by atoms with Gasteiger partial charge in [0.25, 0.3) is 0 Å². The van der Waals surface area contributed by atoms with Crippen molar-refractivity contribution >= 4 is 17.7 Å². The van der Waals surface area contributed by atoms with Gasteiger partial charge in [-0.3, -0.25) is 14.4 Å². The van der Waals surface area contributed by atoms with Gasteiger partial charge in [-0.05, 0) is 37.5 Å². The van der Waals surface area contributed by atoms with Gasteiger partial charge in [0.2, 0.25) is 17.7 Å². The number of nitrogens with zero attached hydrogens (tertiary/aromatic N) is 2. The molecule has 3 N–H and O–H groups in total. The number of likely N-dealkylation sites (N-methyl/N-ethyl adjacent to an activating group) is 2. The van der Waals surface area contributed by atoms with E-state index in [2.05, 4.69) is 0 Å². The summed E-state index contributed by atoms with van der Waals surface area (Å²) in [7, 11) is 3.08. The van der Waals surface area contributed by atoms with Crippen LogP contribution in [0.2, 0.25) is 0 Å². The van der Waals surface area contributed by atoms with E-state index in [1.165, 1.54) is 16.8 Å². The summed E-state index contributed by atoms with van der Waals surface area (Å²) < 4.78 is 0. The summed E-state index contributed by atoms with van der Waals surface area (Å²) in [4.78, 5) is 40.6. The third kappa shape index (κ3) is 8.17. The molecule has 29 heavy (non-hydrogen) atoms. The van der Waals surface area contributed by atoms with Crippen LogP contribution in [0.15, 0.2) is 12.2 Å². The number of aliphatic hydroxyl groups excluding tert-OH is 1. The summed E-state index contributed by atoms with van der Waals surface area (Å²) in [6, 6.07) is -1.90. The van der Waals surface area contributed by atoms with Crippen molar-refractivity contribution < 1.29 is 19.5 Å². The van der Waals surface area contributed by atoms with Gasteiger partial charge < -0.3 is 20.6 Å². The highest BCUT2D eigenvalue weighted by Crippen LogP contribution is 2.20. The van der Waals surface area contributed by atoms with E-state index in [0.29, 0.717) is 18.8 Å². The lowest BCUT2D eigenvalue weighted by Gasteiger charge is -2.38. The molecule has 4 atom stereocenters. The minimum absolute atomic E-state index is 0.114. The molecule has 7 heteroatoms. The molecule has 0 aliphatic heterocycles. The van der Waals surface area contributed by atoms with E-state index < -0.39 is 30.0 Å². The van der Waals surface area contributed by atoms with Crippen LogP contribution in [-0.4, -0.2) is 64.9 Å². The van der Waals surface area contributed by atoms with Crippen molar-refractivity contribution in [1.82, 2.24) is 9.80 Å². The Kier molecular flexibility index (Phi) is 11.8. The molecule has 0 fully saturated rings. The third-order valence-electron chi connectivity index (χ3n) is 5.34. The molecule has 0 heterocycles. The van der Waals surface area contributed by atoms with Crippen molar-refractivity contribution in [2.24, 2.45) is 23.5 Å². The number of hydrogen-bond acceptors (Lipinski definition) is 4. The Morgan fingerprint density at radius 3 is 1.97 bits per heavy atom. The normalized spacial score (nSPS) is 16.0. The van der Waals surface area contributed by atoms with E-state index in [-0.39, 0.29) is 17.7 Å². The highest BCUT2D eigenvalue weighted by Gasteiger charge is 2.39. The molecule has 168 valence electrons. The van der Waals surface area contributed by atoms with E-state index >= 15 is 0 Å². The zero-order chi connectivity index (χ0) is 22.9. The van der Waals surface area contributed by atoms with Crippen molar-refractivity contribution in [3.63, 3.8) is 0 Å². The Hall–Kier alpha value is -1.89. The zero-order valence-electron chi connectivity index (χ0n) is 19.4. The summed E-state index contributed by atoms with van der Waals surface area (Å²) in [6.07, 6.45) is 4.31. The third-order valence-corrected chi connectivity index (χ3v) is 5.34. The van der Waals surface area contributed by atoms with Gasteiger partial charge in [0.05, 0.1) is 6.10 Å². The van der Waals surface area contributed by atoms with Gasteiger partial charge in [-0.2, -0.15) is 0 Å². The second-order valence-electron chi connectivity index (χ2n) is 8.69. The highest BCUT2D eigenvalue weighted by atomic mass is 16.3. The van der Waals surface area contributed by atoms with Crippen molar-refractivity contribution in [3.8, 4) is 0 Å². The maximum Gasteiger partial charge on any atom is 0.246 e. The number of hydrogen-bond donors (Lipinski definition) is 2. The van der Waals surface area contributed by atoms with Gasteiger partial charge >= 0.3 is 0 Å². The van der Waals surface area contributed by atoms with Crippen LogP contribution in [0.4, 0.5) is 0 Å². The maximum absolute atomic E-state index is 13.3. The molecule has 0 aromatic heterocycles. The van der Waals surface area contributed by atoms with Gasteiger partial charge in [-0.15, -0.1) is 0 Å². The molecule has 0 aliphatic rings. The van der Waals surface area contributed by atoms with Crippen LogP contribution in [0.5, 0.6) is 0 Å². The van der Waals surface area contributed by atoms with Crippen LogP contribution < -0.4 is 5.73 Å². The first kappa shape index (κ1) is 27.1. The fraction of sp³-hybridized carbons (Fsp3) is 0.773. The number of primary amides is 1. The molecule has 0 aliphatic carbocycles.